The fraction of sp³-hybridized carbons (Fsp3) is 0.133. The van der Waals surface area contributed by atoms with Gasteiger partial charge in [0, 0.05) is 5.02 Å². The quantitative estimate of drug-likeness (QED) is 0.851. The Bertz CT molecular complexity index is 656. The first-order chi connectivity index (χ1) is 9.51. The SMILES string of the molecule is COc1cc(Cl)ccc1C(=O)Nc1ccc(C)cc1N. The molecule has 0 aliphatic carbocycles. The Morgan fingerprint density at radius 2 is 2.00 bits per heavy atom. The number of ether oxygens (including phenoxy) is 1. The summed E-state index contributed by atoms with van der Waals surface area (Å²) in [6.07, 6.45) is 0. The standard InChI is InChI=1S/C15H15ClN2O2/c1-9-3-6-13(12(17)7-9)18-15(19)11-5-4-10(16)8-14(11)20-2/h3-8H,17H2,1-2H3,(H,18,19). The third-order valence-corrected chi connectivity index (χ3v) is 3.10. The lowest BCUT2D eigenvalue weighted by Crippen LogP contribution is -2.14. The third-order valence-electron chi connectivity index (χ3n) is 2.86. The van der Waals surface area contributed by atoms with Crippen molar-refractivity contribution in [2.45, 2.75) is 6.92 Å². The predicted octanol–water partition coefficient (Wildman–Crippen LogP) is 3.49. The molecule has 0 saturated heterocycles. The summed E-state index contributed by atoms with van der Waals surface area (Å²) < 4.78 is 5.16. The Balaban J connectivity index is 2.28. The van der Waals surface area contributed by atoms with Crippen molar-refractivity contribution in [2.24, 2.45) is 0 Å². The second-order valence-corrected chi connectivity index (χ2v) is 4.83. The summed E-state index contributed by atoms with van der Waals surface area (Å²) in [6, 6.07) is 10.3. The number of benzene rings is 2. The van der Waals surface area contributed by atoms with E-state index in [1.165, 1.54) is 7.11 Å². The zero-order valence-corrected chi connectivity index (χ0v) is 12.0. The van der Waals surface area contributed by atoms with E-state index < -0.39 is 0 Å². The van der Waals surface area contributed by atoms with Gasteiger partial charge in [0.1, 0.15) is 5.75 Å². The average Bonchev–Trinajstić information content (AvgIpc) is 2.41. The van der Waals surface area contributed by atoms with Crippen LogP contribution in [0.5, 0.6) is 5.75 Å². The van der Waals surface area contributed by atoms with E-state index in [4.69, 9.17) is 22.1 Å². The highest BCUT2D eigenvalue weighted by molar-refractivity contribution is 6.31. The van der Waals surface area contributed by atoms with E-state index in [0.29, 0.717) is 27.7 Å². The number of aryl methyl sites for hydroxylation is 1. The number of rotatable bonds is 3. The van der Waals surface area contributed by atoms with Gasteiger partial charge < -0.3 is 15.8 Å². The summed E-state index contributed by atoms with van der Waals surface area (Å²) in [5.41, 5.74) is 8.39. The first kappa shape index (κ1) is 14.2. The Labute approximate surface area is 122 Å². The van der Waals surface area contributed by atoms with E-state index in [0.717, 1.165) is 5.56 Å². The van der Waals surface area contributed by atoms with Crippen LogP contribution in [0, 0.1) is 6.92 Å². The molecule has 0 saturated carbocycles. The van der Waals surface area contributed by atoms with Gasteiger partial charge in [-0.05, 0) is 42.8 Å². The molecule has 104 valence electrons. The van der Waals surface area contributed by atoms with E-state index in [-0.39, 0.29) is 5.91 Å². The van der Waals surface area contributed by atoms with Crippen LogP contribution in [0.15, 0.2) is 36.4 Å². The molecule has 4 nitrogen and oxygen atoms in total. The number of hydrogen-bond donors (Lipinski definition) is 2. The molecule has 0 spiro atoms. The van der Waals surface area contributed by atoms with Crippen molar-refractivity contribution in [3.63, 3.8) is 0 Å². The molecule has 0 heterocycles. The van der Waals surface area contributed by atoms with Crippen LogP contribution in [0.2, 0.25) is 5.02 Å². The van der Waals surface area contributed by atoms with Crippen molar-refractivity contribution in [2.75, 3.05) is 18.2 Å². The fourth-order valence-corrected chi connectivity index (χ4v) is 2.00. The van der Waals surface area contributed by atoms with Crippen molar-refractivity contribution in [1.29, 1.82) is 0 Å². The van der Waals surface area contributed by atoms with Crippen molar-refractivity contribution >= 4 is 28.9 Å². The van der Waals surface area contributed by atoms with Gasteiger partial charge in [-0.25, -0.2) is 0 Å². The molecule has 2 aromatic carbocycles. The van der Waals surface area contributed by atoms with Crippen LogP contribution in [0.4, 0.5) is 11.4 Å². The van der Waals surface area contributed by atoms with Gasteiger partial charge in [0.2, 0.25) is 0 Å². The first-order valence-electron chi connectivity index (χ1n) is 6.02. The molecular formula is C15H15ClN2O2. The number of amides is 1. The normalized spacial score (nSPS) is 10.2. The zero-order chi connectivity index (χ0) is 14.7. The van der Waals surface area contributed by atoms with Gasteiger partial charge >= 0.3 is 0 Å². The van der Waals surface area contributed by atoms with Crippen molar-refractivity contribution in [1.82, 2.24) is 0 Å². The summed E-state index contributed by atoms with van der Waals surface area (Å²) in [6.45, 7) is 1.93. The molecule has 0 aromatic heterocycles. The Morgan fingerprint density at radius 3 is 2.65 bits per heavy atom. The maximum atomic E-state index is 12.3. The lowest BCUT2D eigenvalue weighted by Gasteiger charge is -2.11. The number of nitrogens with one attached hydrogen (secondary N) is 1. The lowest BCUT2D eigenvalue weighted by atomic mass is 10.1. The highest BCUT2D eigenvalue weighted by Gasteiger charge is 2.13. The summed E-state index contributed by atoms with van der Waals surface area (Å²) in [4.78, 5) is 12.3. The average molecular weight is 291 g/mol. The highest BCUT2D eigenvalue weighted by atomic mass is 35.5. The topological polar surface area (TPSA) is 64.3 Å². The number of halogens is 1. The van der Waals surface area contributed by atoms with Gasteiger partial charge in [-0.3, -0.25) is 4.79 Å². The van der Waals surface area contributed by atoms with Crippen LogP contribution in [0.1, 0.15) is 15.9 Å². The molecule has 3 N–H and O–H groups in total. The number of nitrogen functional groups attached to an aromatic ring is 1. The monoisotopic (exact) mass is 290 g/mol. The Morgan fingerprint density at radius 1 is 1.25 bits per heavy atom. The van der Waals surface area contributed by atoms with E-state index in [1.807, 2.05) is 13.0 Å². The molecule has 0 bridgehead atoms. The number of nitrogens with two attached hydrogens (primary N) is 1. The van der Waals surface area contributed by atoms with Gasteiger partial charge in [-0.15, -0.1) is 0 Å². The van der Waals surface area contributed by atoms with Gasteiger partial charge in [-0.1, -0.05) is 17.7 Å². The summed E-state index contributed by atoms with van der Waals surface area (Å²) >= 11 is 5.87. The van der Waals surface area contributed by atoms with E-state index in [1.54, 1.807) is 30.3 Å². The van der Waals surface area contributed by atoms with Crippen molar-refractivity contribution in [3.8, 4) is 5.75 Å². The number of carbonyl (C=O) groups is 1. The molecule has 0 unspecified atom stereocenters. The summed E-state index contributed by atoms with van der Waals surface area (Å²) in [5, 5.41) is 3.27. The third kappa shape index (κ3) is 3.03. The van der Waals surface area contributed by atoms with E-state index >= 15 is 0 Å². The number of methoxy groups -OCH3 is 1. The van der Waals surface area contributed by atoms with Gasteiger partial charge in [0.05, 0.1) is 24.0 Å². The fourth-order valence-electron chi connectivity index (χ4n) is 1.84. The predicted molar refractivity (Wildman–Crippen MR) is 81.5 cm³/mol. The molecule has 20 heavy (non-hydrogen) atoms. The second kappa shape index (κ2) is 5.84. The van der Waals surface area contributed by atoms with Crippen molar-refractivity contribution in [3.05, 3.63) is 52.5 Å². The van der Waals surface area contributed by atoms with Gasteiger partial charge in [0.15, 0.2) is 0 Å². The second-order valence-electron chi connectivity index (χ2n) is 4.39. The Hall–Kier alpha value is -2.20. The minimum atomic E-state index is -0.297. The minimum absolute atomic E-state index is 0.297. The van der Waals surface area contributed by atoms with E-state index in [2.05, 4.69) is 5.32 Å². The molecule has 0 atom stereocenters. The molecule has 0 radical (unpaired) electrons. The molecule has 5 heteroatoms. The smallest absolute Gasteiger partial charge is 0.259 e. The molecule has 0 fully saturated rings. The van der Waals surface area contributed by atoms with Gasteiger partial charge in [0.25, 0.3) is 5.91 Å². The molecule has 0 aliphatic heterocycles. The molecular weight excluding hydrogens is 276 g/mol. The maximum Gasteiger partial charge on any atom is 0.259 e. The molecule has 1 amide bonds. The van der Waals surface area contributed by atoms with Crippen LogP contribution in [-0.2, 0) is 0 Å². The van der Waals surface area contributed by atoms with Crippen molar-refractivity contribution < 1.29 is 9.53 Å². The molecule has 2 rings (SSSR count). The van der Waals surface area contributed by atoms with Crippen LogP contribution >= 0.6 is 11.6 Å². The summed E-state index contributed by atoms with van der Waals surface area (Å²) in [5.74, 6) is 0.120. The van der Waals surface area contributed by atoms with Crippen LogP contribution in [-0.4, -0.2) is 13.0 Å². The highest BCUT2D eigenvalue weighted by Crippen LogP contribution is 2.25. The number of hydrogen-bond acceptors (Lipinski definition) is 3. The molecule has 2 aromatic rings. The lowest BCUT2D eigenvalue weighted by molar-refractivity contribution is 0.102. The largest absolute Gasteiger partial charge is 0.496 e. The summed E-state index contributed by atoms with van der Waals surface area (Å²) in [7, 11) is 1.49. The maximum absolute atomic E-state index is 12.3. The van der Waals surface area contributed by atoms with Gasteiger partial charge in [-0.2, -0.15) is 0 Å². The van der Waals surface area contributed by atoms with Crippen LogP contribution in [0.3, 0.4) is 0 Å². The number of carbonyl (C=O) groups excluding carboxylic acids is 1. The van der Waals surface area contributed by atoms with Crippen LogP contribution < -0.4 is 15.8 Å². The first-order valence-corrected chi connectivity index (χ1v) is 6.40. The molecule has 0 aliphatic rings. The Kier molecular flexibility index (Phi) is 4.15. The zero-order valence-electron chi connectivity index (χ0n) is 11.2. The minimum Gasteiger partial charge on any atom is -0.496 e. The van der Waals surface area contributed by atoms with Crippen LogP contribution in [0.25, 0.3) is 0 Å². The number of anilines is 2. The van der Waals surface area contributed by atoms with E-state index in [9.17, 15) is 4.79 Å².